The molecular formula is C18H33N3O5. The first-order valence-electron chi connectivity index (χ1n) is 9.85. The molecule has 8 nitrogen and oxygen atoms in total. The van der Waals surface area contributed by atoms with E-state index in [1.807, 2.05) is 0 Å². The molecule has 1 saturated heterocycles. The predicted molar refractivity (Wildman–Crippen MR) is 99.4 cm³/mol. The number of nitrogens with two attached hydrogens (primary N) is 1. The number of rotatable bonds is 15. The molecule has 0 aliphatic carbocycles. The summed E-state index contributed by atoms with van der Waals surface area (Å²) in [6.45, 7) is 2.69. The molecule has 8 heteroatoms. The summed E-state index contributed by atoms with van der Waals surface area (Å²) < 4.78 is 11.0. The first-order valence-corrected chi connectivity index (χ1v) is 9.85. The summed E-state index contributed by atoms with van der Waals surface area (Å²) >= 11 is 0. The Bertz CT molecular complexity index is 422. The normalized spacial score (nSPS) is 25.7. The van der Waals surface area contributed by atoms with Crippen molar-refractivity contribution >= 4 is 5.91 Å². The zero-order valence-electron chi connectivity index (χ0n) is 15.8. The second kappa shape index (κ2) is 13.7. The zero-order chi connectivity index (χ0) is 19.2. The lowest BCUT2D eigenvalue weighted by Gasteiger charge is -2.33. The fourth-order valence-electron chi connectivity index (χ4n) is 3.22. The van der Waals surface area contributed by atoms with E-state index in [9.17, 15) is 14.6 Å². The van der Waals surface area contributed by atoms with Crippen molar-refractivity contribution in [3.8, 4) is 0 Å². The Balaban J connectivity index is 2.14. The van der Waals surface area contributed by atoms with E-state index in [0.717, 1.165) is 12.8 Å². The highest BCUT2D eigenvalue weighted by atomic mass is 16.7. The molecule has 4 atom stereocenters. The van der Waals surface area contributed by atoms with Crippen LogP contribution in [0.3, 0.4) is 0 Å². The van der Waals surface area contributed by atoms with Gasteiger partial charge in [0.25, 0.3) is 0 Å². The molecule has 0 radical (unpaired) electrons. The number of carbonyl (C=O) groups is 1. The van der Waals surface area contributed by atoms with Gasteiger partial charge in [0.15, 0.2) is 18.4 Å². The van der Waals surface area contributed by atoms with Gasteiger partial charge in [-0.15, -0.1) is 0 Å². The minimum atomic E-state index is -1.26. The van der Waals surface area contributed by atoms with Crippen LogP contribution in [0.1, 0.15) is 77.6 Å². The third-order valence-corrected chi connectivity index (χ3v) is 4.78. The summed E-state index contributed by atoms with van der Waals surface area (Å²) in [5.41, 5.74) is 5.21. The number of nitroso groups, excluding NO2 is 2. The number of hydrogen-bond donors (Lipinski definition) is 1. The summed E-state index contributed by atoms with van der Waals surface area (Å²) in [6, 6.07) is -2.13. The molecule has 0 bridgehead atoms. The fourth-order valence-corrected chi connectivity index (χ4v) is 3.22. The molecule has 1 aliphatic heterocycles. The predicted octanol–water partition coefficient (Wildman–Crippen LogP) is 3.79. The quantitative estimate of drug-likeness (QED) is 0.347. The topological polar surface area (TPSA) is 120 Å². The Morgan fingerprint density at radius 3 is 2.08 bits per heavy atom. The van der Waals surface area contributed by atoms with Crippen LogP contribution < -0.4 is 5.73 Å². The molecule has 0 saturated carbocycles. The van der Waals surface area contributed by atoms with Gasteiger partial charge in [-0.1, -0.05) is 75.1 Å². The number of carbonyl (C=O) groups excluding carboxylic acids is 1. The Hall–Kier alpha value is -1.41. The molecule has 1 fully saturated rings. The Kier molecular flexibility index (Phi) is 12.0. The van der Waals surface area contributed by atoms with E-state index in [1.165, 1.54) is 51.4 Å². The molecule has 26 heavy (non-hydrogen) atoms. The molecule has 1 aliphatic rings. The van der Waals surface area contributed by atoms with Crippen molar-refractivity contribution in [1.82, 2.24) is 0 Å². The maximum atomic E-state index is 11.4. The van der Waals surface area contributed by atoms with Gasteiger partial charge >= 0.3 is 0 Å². The summed E-state index contributed by atoms with van der Waals surface area (Å²) in [4.78, 5) is 33.1. The second-order valence-corrected chi connectivity index (χ2v) is 6.95. The van der Waals surface area contributed by atoms with Crippen LogP contribution in [-0.4, -0.2) is 37.0 Å². The highest BCUT2D eigenvalue weighted by molar-refractivity contribution is 5.80. The number of nitrogens with zero attached hydrogens (tertiary/aromatic N) is 2. The van der Waals surface area contributed by atoms with Gasteiger partial charge in [0, 0.05) is 13.0 Å². The van der Waals surface area contributed by atoms with Gasteiger partial charge in [0.2, 0.25) is 5.91 Å². The van der Waals surface area contributed by atoms with Crippen LogP contribution in [0.15, 0.2) is 10.4 Å². The maximum absolute atomic E-state index is 11.4. The smallest absolute Gasteiger partial charge is 0.249 e. The largest absolute Gasteiger partial charge is 0.367 e. The van der Waals surface area contributed by atoms with Gasteiger partial charge in [-0.2, -0.15) is 9.81 Å². The maximum Gasteiger partial charge on any atom is 0.249 e. The van der Waals surface area contributed by atoms with Crippen LogP contribution in [0, 0.1) is 9.81 Å². The Labute approximate surface area is 155 Å². The molecule has 1 rings (SSSR count). The van der Waals surface area contributed by atoms with Crippen LogP contribution >= 0.6 is 0 Å². The molecule has 1 heterocycles. The third-order valence-electron chi connectivity index (χ3n) is 4.78. The SMILES string of the molecule is CCCCCCCCCCCCO[C@H]1C[C@@H](N=O)[C@H](N=O)[C@@H](C(N)=O)O1. The molecule has 0 aromatic carbocycles. The van der Waals surface area contributed by atoms with Crippen molar-refractivity contribution in [3.05, 3.63) is 9.81 Å². The highest BCUT2D eigenvalue weighted by Gasteiger charge is 2.44. The number of unbranched alkanes of at least 4 members (excludes halogenated alkanes) is 9. The minimum absolute atomic E-state index is 0.113. The van der Waals surface area contributed by atoms with E-state index in [2.05, 4.69) is 17.3 Å². The van der Waals surface area contributed by atoms with Crippen molar-refractivity contribution in [2.75, 3.05) is 6.61 Å². The minimum Gasteiger partial charge on any atom is -0.367 e. The first-order chi connectivity index (χ1) is 12.6. The van der Waals surface area contributed by atoms with Gasteiger partial charge in [-0.25, -0.2) is 0 Å². The third kappa shape index (κ3) is 8.31. The summed E-state index contributed by atoms with van der Waals surface area (Å²) in [7, 11) is 0. The van der Waals surface area contributed by atoms with Crippen molar-refractivity contribution in [3.63, 3.8) is 0 Å². The molecule has 0 unspecified atom stereocenters. The van der Waals surface area contributed by atoms with Gasteiger partial charge in [0.05, 0.1) is 0 Å². The molecule has 0 aromatic heterocycles. The van der Waals surface area contributed by atoms with Crippen molar-refractivity contribution in [2.24, 2.45) is 16.1 Å². The molecule has 1 amide bonds. The van der Waals surface area contributed by atoms with Gasteiger partial charge in [0.1, 0.15) is 6.04 Å². The zero-order valence-corrected chi connectivity index (χ0v) is 15.8. The average Bonchev–Trinajstić information content (AvgIpc) is 2.65. The van der Waals surface area contributed by atoms with Crippen LogP contribution in [-0.2, 0) is 14.3 Å². The second-order valence-electron chi connectivity index (χ2n) is 6.95. The van der Waals surface area contributed by atoms with Crippen LogP contribution in [0.5, 0.6) is 0 Å². The Morgan fingerprint density at radius 2 is 1.58 bits per heavy atom. The van der Waals surface area contributed by atoms with E-state index in [-0.39, 0.29) is 6.42 Å². The lowest BCUT2D eigenvalue weighted by molar-refractivity contribution is -0.203. The lowest BCUT2D eigenvalue weighted by atomic mass is 9.97. The number of hydrogen-bond acceptors (Lipinski definition) is 7. The average molecular weight is 371 g/mol. The number of ether oxygens (including phenoxy) is 2. The Morgan fingerprint density at radius 1 is 1.00 bits per heavy atom. The standard InChI is InChI=1S/C18H33N3O5/c1-2-3-4-5-6-7-8-9-10-11-12-25-15-13-14(20-23)16(21-24)17(26-15)18(19)22/h14-17H,2-13H2,1H3,(H2,19,22)/t14-,15-,16+,17+/m1/s1. The van der Waals surface area contributed by atoms with E-state index in [4.69, 9.17) is 15.2 Å². The highest BCUT2D eigenvalue weighted by Crippen LogP contribution is 2.26. The summed E-state index contributed by atoms with van der Waals surface area (Å²) in [5.74, 6) is -0.838. The van der Waals surface area contributed by atoms with Gasteiger partial charge < -0.3 is 15.2 Å². The van der Waals surface area contributed by atoms with E-state index >= 15 is 0 Å². The molecule has 0 aromatic rings. The van der Waals surface area contributed by atoms with E-state index in [1.54, 1.807) is 0 Å². The molecular weight excluding hydrogens is 338 g/mol. The first kappa shape index (κ1) is 22.6. The van der Waals surface area contributed by atoms with Crippen molar-refractivity contribution in [2.45, 2.75) is 102 Å². The van der Waals surface area contributed by atoms with E-state index in [0.29, 0.717) is 6.61 Å². The summed E-state index contributed by atoms with van der Waals surface area (Å²) in [6.07, 6.45) is 10.3. The van der Waals surface area contributed by atoms with Crippen LogP contribution in [0.4, 0.5) is 0 Å². The van der Waals surface area contributed by atoms with Crippen LogP contribution in [0.25, 0.3) is 0 Å². The van der Waals surface area contributed by atoms with Crippen molar-refractivity contribution in [1.29, 1.82) is 0 Å². The number of primary amides is 1. The van der Waals surface area contributed by atoms with E-state index < -0.39 is 30.4 Å². The van der Waals surface area contributed by atoms with Crippen LogP contribution in [0.2, 0.25) is 0 Å². The molecule has 0 spiro atoms. The molecule has 150 valence electrons. The summed E-state index contributed by atoms with van der Waals surface area (Å²) in [5, 5.41) is 5.65. The molecule has 2 N–H and O–H groups in total. The van der Waals surface area contributed by atoms with Gasteiger partial charge in [-0.05, 0) is 6.42 Å². The fraction of sp³-hybridized carbons (Fsp3) is 0.944. The monoisotopic (exact) mass is 371 g/mol. The lowest BCUT2D eigenvalue weighted by Crippen LogP contribution is -2.52. The van der Waals surface area contributed by atoms with Gasteiger partial charge in [-0.3, -0.25) is 4.79 Å². The number of amides is 1. The van der Waals surface area contributed by atoms with Crippen molar-refractivity contribution < 1.29 is 14.3 Å².